The average molecular weight is 423 g/mol. The second kappa shape index (κ2) is 9.91. The predicted octanol–water partition coefficient (Wildman–Crippen LogP) is 2.34. The first-order valence-electron chi connectivity index (χ1n) is 10.6. The van der Waals surface area contributed by atoms with Gasteiger partial charge in [-0.2, -0.15) is 0 Å². The molecule has 3 rings (SSSR count). The Labute approximate surface area is 175 Å². The molecule has 1 aliphatic heterocycles. The summed E-state index contributed by atoms with van der Waals surface area (Å²) in [6, 6.07) is 7.00. The van der Waals surface area contributed by atoms with E-state index in [4.69, 9.17) is 9.73 Å². The number of rotatable bonds is 8. The lowest BCUT2D eigenvalue weighted by Gasteiger charge is -2.26. The predicted molar refractivity (Wildman–Crippen MR) is 115 cm³/mol. The standard InChI is InChI=1S/C21H34N4O3S/c1-3-22-20(25-13-11-21(17-25)9-4-5-10-21)23-16-18-7-6-8-19(15-18)29(26,27)24-12-14-28-2/h6-8,15,24H,3-5,9-14,16-17H2,1-2H3,(H,22,23). The third-order valence-electron chi connectivity index (χ3n) is 5.96. The van der Waals surface area contributed by atoms with Crippen molar-refractivity contribution in [1.82, 2.24) is 14.9 Å². The molecule has 0 unspecified atom stereocenters. The third kappa shape index (κ3) is 5.71. The van der Waals surface area contributed by atoms with Gasteiger partial charge in [0.05, 0.1) is 18.0 Å². The minimum absolute atomic E-state index is 0.252. The van der Waals surface area contributed by atoms with Crippen LogP contribution < -0.4 is 10.0 Å². The molecule has 162 valence electrons. The Morgan fingerprint density at radius 3 is 2.79 bits per heavy atom. The van der Waals surface area contributed by atoms with E-state index in [-0.39, 0.29) is 11.4 Å². The number of nitrogens with one attached hydrogen (secondary N) is 2. The molecule has 0 radical (unpaired) electrons. The molecule has 1 saturated heterocycles. The van der Waals surface area contributed by atoms with Crippen molar-refractivity contribution in [2.75, 3.05) is 39.9 Å². The van der Waals surface area contributed by atoms with Gasteiger partial charge in [-0.3, -0.25) is 0 Å². The zero-order valence-corrected chi connectivity index (χ0v) is 18.4. The van der Waals surface area contributed by atoms with Crippen molar-refractivity contribution in [1.29, 1.82) is 0 Å². The topological polar surface area (TPSA) is 83.0 Å². The van der Waals surface area contributed by atoms with E-state index in [0.717, 1.165) is 31.2 Å². The molecule has 1 spiro atoms. The van der Waals surface area contributed by atoms with Crippen LogP contribution in [-0.4, -0.2) is 59.2 Å². The van der Waals surface area contributed by atoms with Gasteiger partial charge in [-0.05, 0) is 49.3 Å². The molecule has 1 heterocycles. The van der Waals surface area contributed by atoms with Crippen LogP contribution in [-0.2, 0) is 21.3 Å². The summed E-state index contributed by atoms with van der Waals surface area (Å²) in [6.07, 6.45) is 6.61. The van der Waals surface area contributed by atoms with Crippen LogP contribution in [0.25, 0.3) is 0 Å². The number of likely N-dealkylation sites (tertiary alicyclic amines) is 1. The fourth-order valence-electron chi connectivity index (χ4n) is 4.41. The molecule has 0 atom stereocenters. The third-order valence-corrected chi connectivity index (χ3v) is 7.41. The highest BCUT2D eigenvalue weighted by Gasteiger charge is 2.41. The molecule has 1 aromatic rings. The summed E-state index contributed by atoms with van der Waals surface area (Å²) < 4.78 is 32.3. The fourth-order valence-corrected chi connectivity index (χ4v) is 5.50. The number of ether oxygens (including phenoxy) is 1. The highest BCUT2D eigenvalue weighted by atomic mass is 32.2. The van der Waals surface area contributed by atoms with Gasteiger partial charge in [0.1, 0.15) is 0 Å². The molecular formula is C21H34N4O3S. The van der Waals surface area contributed by atoms with Crippen molar-refractivity contribution in [3.05, 3.63) is 29.8 Å². The largest absolute Gasteiger partial charge is 0.383 e. The summed E-state index contributed by atoms with van der Waals surface area (Å²) in [5, 5.41) is 3.41. The molecule has 1 aromatic carbocycles. The number of aliphatic imine (C=N–C) groups is 1. The van der Waals surface area contributed by atoms with Crippen LogP contribution in [0.1, 0.15) is 44.6 Å². The van der Waals surface area contributed by atoms with E-state index in [1.165, 1.54) is 32.1 Å². The molecule has 2 N–H and O–H groups in total. The Kier molecular flexibility index (Phi) is 7.54. The van der Waals surface area contributed by atoms with Crippen LogP contribution >= 0.6 is 0 Å². The Morgan fingerprint density at radius 2 is 2.07 bits per heavy atom. The number of hydrogen-bond acceptors (Lipinski definition) is 4. The first-order chi connectivity index (χ1) is 14.0. The van der Waals surface area contributed by atoms with E-state index in [0.29, 0.717) is 18.6 Å². The average Bonchev–Trinajstić information content (AvgIpc) is 3.35. The second-order valence-electron chi connectivity index (χ2n) is 8.09. The second-order valence-corrected chi connectivity index (χ2v) is 9.85. The van der Waals surface area contributed by atoms with Crippen LogP contribution in [0.2, 0.25) is 0 Å². The summed E-state index contributed by atoms with van der Waals surface area (Å²) in [5.41, 5.74) is 1.36. The lowest BCUT2D eigenvalue weighted by Crippen LogP contribution is -2.41. The van der Waals surface area contributed by atoms with E-state index >= 15 is 0 Å². The van der Waals surface area contributed by atoms with Gasteiger partial charge in [-0.25, -0.2) is 18.1 Å². The van der Waals surface area contributed by atoms with Gasteiger partial charge in [0.2, 0.25) is 10.0 Å². The van der Waals surface area contributed by atoms with Gasteiger partial charge in [-0.1, -0.05) is 25.0 Å². The zero-order valence-electron chi connectivity index (χ0n) is 17.6. The molecule has 1 aliphatic carbocycles. The zero-order chi connectivity index (χ0) is 20.7. The van der Waals surface area contributed by atoms with Gasteiger partial charge in [0, 0.05) is 33.3 Å². The number of sulfonamides is 1. The minimum Gasteiger partial charge on any atom is -0.383 e. The Balaban J connectivity index is 1.68. The molecule has 0 bridgehead atoms. The molecule has 0 aromatic heterocycles. The van der Waals surface area contributed by atoms with Crippen molar-refractivity contribution < 1.29 is 13.2 Å². The normalized spacial score (nSPS) is 19.2. The van der Waals surface area contributed by atoms with Crippen LogP contribution in [0.15, 0.2) is 34.2 Å². The highest BCUT2D eigenvalue weighted by Crippen LogP contribution is 2.45. The molecule has 0 amide bonds. The fraction of sp³-hybridized carbons (Fsp3) is 0.667. The first kappa shape index (κ1) is 22.1. The maximum absolute atomic E-state index is 12.4. The summed E-state index contributed by atoms with van der Waals surface area (Å²) in [6.45, 7) is 6.07. The number of nitrogens with zero attached hydrogens (tertiary/aromatic N) is 2. The number of methoxy groups -OCH3 is 1. The van der Waals surface area contributed by atoms with E-state index < -0.39 is 10.0 Å². The molecule has 2 fully saturated rings. The molecule has 7 nitrogen and oxygen atoms in total. The SMILES string of the molecule is CCNC(=NCc1cccc(S(=O)(=O)NCCOC)c1)N1CCC2(CCCC2)C1. The van der Waals surface area contributed by atoms with E-state index in [1.54, 1.807) is 25.3 Å². The van der Waals surface area contributed by atoms with Crippen LogP contribution in [0, 0.1) is 5.41 Å². The summed E-state index contributed by atoms with van der Waals surface area (Å²) in [4.78, 5) is 7.45. The highest BCUT2D eigenvalue weighted by molar-refractivity contribution is 7.89. The molecule has 8 heteroatoms. The Morgan fingerprint density at radius 1 is 1.28 bits per heavy atom. The Bertz CT molecular complexity index is 804. The van der Waals surface area contributed by atoms with E-state index in [2.05, 4.69) is 21.9 Å². The summed E-state index contributed by atoms with van der Waals surface area (Å²) in [5.74, 6) is 0.933. The lowest BCUT2D eigenvalue weighted by molar-refractivity contribution is 0.204. The monoisotopic (exact) mass is 422 g/mol. The molecular weight excluding hydrogens is 388 g/mol. The van der Waals surface area contributed by atoms with Crippen molar-refractivity contribution >= 4 is 16.0 Å². The van der Waals surface area contributed by atoms with Gasteiger partial charge in [0.15, 0.2) is 5.96 Å². The quantitative estimate of drug-likeness (QED) is 0.382. The van der Waals surface area contributed by atoms with E-state index in [1.807, 2.05) is 6.07 Å². The van der Waals surface area contributed by atoms with Crippen LogP contribution in [0.5, 0.6) is 0 Å². The Hall–Kier alpha value is -1.64. The molecule has 29 heavy (non-hydrogen) atoms. The first-order valence-corrected chi connectivity index (χ1v) is 12.1. The van der Waals surface area contributed by atoms with Crippen LogP contribution in [0.3, 0.4) is 0 Å². The smallest absolute Gasteiger partial charge is 0.240 e. The van der Waals surface area contributed by atoms with Crippen molar-refractivity contribution in [2.24, 2.45) is 10.4 Å². The lowest BCUT2D eigenvalue weighted by atomic mass is 9.86. The van der Waals surface area contributed by atoms with Gasteiger partial charge in [-0.15, -0.1) is 0 Å². The molecule has 2 aliphatic rings. The van der Waals surface area contributed by atoms with Gasteiger partial charge >= 0.3 is 0 Å². The number of guanidine groups is 1. The van der Waals surface area contributed by atoms with Crippen molar-refractivity contribution in [3.8, 4) is 0 Å². The number of hydrogen-bond donors (Lipinski definition) is 2. The number of benzene rings is 1. The molecule has 1 saturated carbocycles. The van der Waals surface area contributed by atoms with Crippen molar-refractivity contribution in [2.45, 2.75) is 50.5 Å². The van der Waals surface area contributed by atoms with Gasteiger partial charge in [0.25, 0.3) is 0 Å². The van der Waals surface area contributed by atoms with Gasteiger partial charge < -0.3 is 15.0 Å². The van der Waals surface area contributed by atoms with Crippen LogP contribution in [0.4, 0.5) is 0 Å². The maximum Gasteiger partial charge on any atom is 0.240 e. The maximum atomic E-state index is 12.4. The minimum atomic E-state index is -3.54. The van der Waals surface area contributed by atoms with E-state index in [9.17, 15) is 8.42 Å². The summed E-state index contributed by atoms with van der Waals surface area (Å²) in [7, 11) is -1.99. The summed E-state index contributed by atoms with van der Waals surface area (Å²) >= 11 is 0. The van der Waals surface area contributed by atoms with Crippen molar-refractivity contribution in [3.63, 3.8) is 0 Å².